The fourth-order valence-corrected chi connectivity index (χ4v) is 8.97. The SMILES string of the molecule is C=CC(=O)CCCCCCOc1ccc(N(Cc2c3ccccc3cc3ccccc23)c2ccc(Sc3ccc(N(C)c4ccc(CCCCCCOC(=O)C=C)cc4)cc3)cc2)cc1. The van der Waals surface area contributed by atoms with Crippen molar-refractivity contribution in [1.29, 1.82) is 0 Å². The molecule has 0 N–H and O–H groups in total. The molecular formula is C58H60N2O4S. The van der Waals surface area contributed by atoms with Crippen molar-refractivity contribution >= 4 is 67.8 Å². The van der Waals surface area contributed by atoms with Crippen molar-refractivity contribution in [3.8, 4) is 5.75 Å². The minimum Gasteiger partial charge on any atom is -0.494 e. The maximum Gasteiger partial charge on any atom is 0.330 e. The molecule has 65 heavy (non-hydrogen) atoms. The number of unbranched alkanes of at least 4 members (excludes halogenated alkanes) is 6. The van der Waals surface area contributed by atoms with E-state index >= 15 is 0 Å². The number of carbonyl (C=O) groups is 2. The van der Waals surface area contributed by atoms with Crippen molar-refractivity contribution in [2.45, 2.75) is 80.5 Å². The lowest BCUT2D eigenvalue weighted by Gasteiger charge is -2.27. The zero-order valence-electron chi connectivity index (χ0n) is 37.6. The summed E-state index contributed by atoms with van der Waals surface area (Å²) in [5, 5.41) is 4.99. The van der Waals surface area contributed by atoms with Gasteiger partial charge in [0.05, 0.1) is 13.2 Å². The van der Waals surface area contributed by atoms with Gasteiger partial charge in [-0.25, -0.2) is 4.79 Å². The first-order valence-electron chi connectivity index (χ1n) is 22.9. The number of rotatable bonds is 25. The molecule has 0 aromatic heterocycles. The van der Waals surface area contributed by atoms with E-state index in [1.165, 1.54) is 54.6 Å². The highest BCUT2D eigenvalue weighted by atomic mass is 32.2. The van der Waals surface area contributed by atoms with E-state index in [1.807, 2.05) is 0 Å². The smallest absolute Gasteiger partial charge is 0.330 e. The first kappa shape index (κ1) is 46.4. The number of hydrogen-bond donors (Lipinski definition) is 0. The molecule has 0 spiro atoms. The van der Waals surface area contributed by atoms with Crippen LogP contribution in [0.4, 0.5) is 22.7 Å². The lowest BCUT2D eigenvalue weighted by Crippen LogP contribution is -2.17. The molecule has 0 aliphatic heterocycles. The zero-order chi connectivity index (χ0) is 45.2. The van der Waals surface area contributed by atoms with Crippen LogP contribution in [0.25, 0.3) is 21.5 Å². The summed E-state index contributed by atoms with van der Waals surface area (Å²) in [5.41, 5.74) is 7.12. The van der Waals surface area contributed by atoms with Crippen LogP contribution in [-0.4, -0.2) is 32.0 Å². The van der Waals surface area contributed by atoms with E-state index in [4.69, 9.17) is 9.47 Å². The lowest BCUT2D eigenvalue weighted by atomic mass is 9.96. The molecule has 7 aromatic carbocycles. The second-order valence-electron chi connectivity index (χ2n) is 16.4. The van der Waals surface area contributed by atoms with Crippen LogP contribution in [0.5, 0.6) is 5.75 Å². The third kappa shape index (κ3) is 13.2. The monoisotopic (exact) mass is 880 g/mol. The molecule has 0 fully saturated rings. The minimum atomic E-state index is -0.348. The standard InChI is InChI=1S/C58H60N2O4S/c1-4-51(61)21-11-7-9-16-40-63-52-34-28-49(29-35-52)60(43-57-55-22-14-12-19-45(55)42-46-20-13-15-23-56(46)57)50-32-38-54(39-33-50)65-53-36-30-48(31-37-53)59(3)47-26-24-44(25-27-47)18-10-6-8-17-41-64-58(62)5-2/h4-5,12-15,19-20,22-39,42H,1-2,6-11,16-18,21,40-41,43H2,3H3. The third-order valence-electron chi connectivity index (χ3n) is 11.9. The summed E-state index contributed by atoms with van der Waals surface area (Å²) in [6, 6.07) is 54.7. The maximum atomic E-state index is 11.5. The van der Waals surface area contributed by atoms with E-state index in [0.29, 0.717) is 26.2 Å². The Balaban J connectivity index is 0.998. The topological polar surface area (TPSA) is 59.1 Å². The summed E-state index contributed by atoms with van der Waals surface area (Å²) >= 11 is 1.76. The second-order valence-corrected chi connectivity index (χ2v) is 17.6. The predicted octanol–water partition coefficient (Wildman–Crippen LogP) is 15.2. The van der Waals surface area contributed by atoms with Gasteiger partial charge in [0.1, 0.15) is 5.75 Å². The van der Waals surface area contributed by atoms with Crippen molar-refractivity contribution in [1.82, 2.24) is 0 Å². The number of ether oxygens (including phenoxy) is 2. The Morgan fingerprint density at radius 1 is 0.569 bits per heavy atom. The molecule has 0 heterocycles. The predicted molar refractivity (Wildman–Crippen MR) is 272 cm³/mol. The number of hydrogen-bond acceptors (Lipinski definition) is 7. The van der Waals surface area contributed by atoms with Gasteiger partial charge in [-0.05, 0) is 162 Å². The van der Waals surface area contributed by atoms with E-state index in [1.54, 1.807) is 11.8 Å². The van der Waals surface area contributed by atoms with Crippen LogP contribution in [0.15, 0.2) is 187 Å². The zero-order valence-corrected chi connectivity index (χ0v) is 38.4. The van der Waals surface area contributed by atoms with Gasteiger partial charge in [0.15, 0.2) is 5.78 Å². The Labute approximate surface area is 389 Å². The molecule has 0 unspecified atom stereocenters. The fraction of sp³-hybridized carbons (Fsp3) is 0.241. The van der Waals surface area contributed by atoms with E-state index in [0.717, 1.165) is 86.3 Å². The summed E-state index contributed by atoms with van der Waals surface area (Å²) in [7, 11) is 2.11. The normalized spacial score (nSPS) is 11.0. The molecule has 0 atom stereocenters. The van der Waals surface area contributed by atoms with E-state index < -0.39 is 0 Å². The Morgan fingerprint density at radius 2 is 1.09 bits per heavy atom. The highest BCUT2D eigenvalue weighted by Gasteiger charge is 2.16. The summed E-state index contributed by atoms with van der Waals surface area (Å²) in [4.78, 5) is 29.7. The first-order valence-corrected chi connectivity index (χ1v) is 23.7. The number of anilines is 4. The average molecular weight is 881 g/mol. The quantitative estimate of drug-likeness (QED) is 0.0245. The van der Waals surface area contributed by atoms with Gasteiger partial charge in [0.2, 0.25) is 0 Å². The van der Waals surface area contributed by atoms with Crippen LogP contribution < -0.4 is 14.5 Å². The van der Waals surface area contributed by atoms with Gasteiger partial charge >= 0.3 is 5.97 Å². The first-order chi connectivity index (χ1) is 31.9. The molecule has 0 aliphatic carbocycles. The molecule has 332 valence electrons. The summed E-state index contributed by atoms with van der Waals surface area (Å²) in [5.74, 6) is 0.625. The van der Waals surface area contributed by atoms with Crippen LogP contribution >= 0.6 is 11.8 Å². The van der Waals surface area contributed by atoms with Crippen molar-refractivity contribution in [2.75, 3.05) is 30.1 Å². The Hall–Kier alpha value is -6.57. The van der Waals surface area contributed by atoms with Gasteiger partial charge in [-0.2, -0.15) is 0 Å². The summed E-state index contributed by atoms with van der Waals surface area (Å²) < 4.78 is 11.2. The average Bonchev–Trinajstić information content (AvgIpc) is 3.35. The minimum absolute atomic E-state index is 0.118. The van der Waals surface area contributed by atoms with Crippen LogP contribution in [-0.2, 0) is 27.3 Å². The van der Waals surface area contributed by atoms with Gasteiger partial charge in [-0.1, -0.05) is 111 Å². The highest BCUT2D eigenvalue weighted by Crippen LogP contribution is 2.37. The summed E-state index contributed by atoms with van der Waals surface area (Å²) in [6.45, 7) is 8.80. The van der Waals surface area contributed by atoms with E-state index in [-0.39, 0.29) is 11.8 Å². The van der Waals surface area contributed by atoms with Crippen LogP contribution in [0.3, 0.4) is 0 Å². The number of benzene rings is 7. The maximum absolute atomic E-state index is 11.5. The Kier molecular flexibility index (Phi) is 17.1. The number of allylic oxidation sites excluding steroid dienone is 1. The molecule has 0 bridgehead atoms. The molecule has 0 saturated heterocycles. The second kappa shape index (κ2) is 23.9. The number of carbonyl (C=O) groups excluding carboxylic acids is 2. The number of fused-ring (bicyclic) bond motifs is 2. The largest absolute Gasteiger partial charge is 0.494 e. The molecule has 6 nitrogen and oxygen atoms in total. The van der Waals surface area contributed by atoms with Gasteiger partial charge in [-0.3, -0.25) is 4.79 Å². The van der Waals surface area contributed by atoms with Crippen molar-refractivity contribution in [2.24, 2.45) is 0 Å². The van der Waals surface area contributed by atoms with E-state index in [9.17, 15) is 9.59 Å². The third-order valence-corrected chi connectivity index (χ3v) is 12.9. The Morgan fingerprint density at radius 3 is 1.69 bits per heavy atom. The molecule has 0 saturated carbocycles. The number of nitrogens with zero attached hydrogens (tertiary/aromatic N) is 2. The molecule has 7 rings (SSSR count). The molecule has 0 aliphatic rings. The fourth-order valence-electron chi connectivity index (χ4n) is 8.16. The number of esters is 1. The van der Waals surface area contributed by atoms with Crippen LogP contribution in [0, 0.1) is 0 Å². The van der Waals surface area contributed by atoms with Gasteiger partial charge in [0.25, 0.3) is 0 Å². The Bertz CT molecular complexity index is 2590. The molecule has 0 radical (unpaired) electrons. The van der Waals surface area contributed by atoms with Crippen LogP contribution in [0.2, 0.25) is 0 Å². The molecule has 7 aromatic rings. The van der Waals surface area contributed by atoms with Gasteiger partial charge < -0.3 is 19.3 Å². The molecular weight excluding hydrogens is 821 g/mol. The highest BCUT2D eigenvalue weighted by molar-refractivity contribution is 7.99. The van der Waals surface area contributed by atoms with Crippen LogP contribution in [0.1, 0.15) is 68.9 Å². The molecule has 7 heteroatoms. The number of aryl methyl sites for hydroxylation is 1. The van der Waals surface area contributed by atoms with Crippen molar-refractivity contribution in [3.63, 3.8) is 0 Å². The van der Waals surface area contributed by atoms with Gasteiger partial charge in [0, 0.05) is 58.6 Å². The summed E-state index contributed by atoms with van der Waals surface area (Å²) in [6.07, 6.45) is 12.3. The van der Waals surface area contributed by atoms with Gasteiger partial charge in [-0.15, -0.1) is 0 Å². The van der Waals surface area contributed by atoms with Crippen molar-refractivity contribution in [3.05, 3.63) is 188 Å². The van der Waals surface area contributed by atoms with E-state index in [2.05, 4.69) is 182 Å². The van der Waals surface area contributed by atoms with Crippen molar-refractivity contribution < 1.29 is 19.1 Å². The number of ketones is 1. The lowest BCUT2D eigenvalue weighted by molar-refractivity contribution is -0.137. The molecule has 0 amide bonds.